The molecule has 0 aliphatic heterocycles. The zero-order valence-corrected chi connectivity index (χ0v) is 36.4. The van der Waals surface area contributed by atoms with Crippen LogP contribution in [0.3, 0.4) is 0 Å². The van der Waals surface area contributed by atoms with E-state index in [1.807, 2.05) is 13.8 Å². The van der Waals surface area contributed by atoms with E-state index in [1.54, 1.807) is 23.5 Å². The summed E-state index contributed by atoms with van der Waals surface area (Å²) in [6, 6.07) is 10.2. The molecule has 1 rings (SSSR count). The highest BCUT2D eigenvalue weighted by Gasteiger charge is 2.35. The summed E-state index contributed by atoms with van der Waals surface area (Å²) in [4.78, 5) is 0. The maximum Gasteiger partial charge on any atom is 0.0842 e. The Morgan fingerprint density at radius 3 is 1.09 bits per heavy atom. The van der Waals surface area contributed by atoms with Crippen LogP contribution in [0, 0.1) is 0 Å². The first kappa shape index (κ1) is 49.2. The van der Waals surface area contributed by atoms with Crippen molar-refractivity contribution < 1.29 is 0 Å². The van der Waals surface area contributed by atoms with Crippen LogP contribution in [0.2, 0.25) is 0 Å². The lowest BCUT2D eigenvalue weighted by Crippen LogP contribution is -2.11. The molecule has 0 spiro atoms. The van der Waals surface area contributed by atoms with Gasteiger partial charge in [-0.3, -0.25) is 0 Å². The fraction of sp³-hybridized carbons (Fsp3) is 0.867. The van der Waals surface area contributed by atoms with Crippen molar-refractivity contribution in [3.8, 4) is 0 Å². The van der Waals surface area contributed by atoms with E-state index in [2.05, 4.69) is 72.7 Å². The SMILES string of the molecule is CC.CCCCCCCC.CCCCCCCC[PH+](CCCCCCCC)Cc1ccc(C[P+](CCC)(CCCC)CCCC)cc1. The Labute approximate surface area is 302 Å². The van der Waals surface area contributed by atoms with Crippen molar-refractivity contribution in [2.24, 2.45) is 0 Å². The Morgan fingerprint density at radius 2 is 0.723 bits per heavy atom. The summed E-state index contributed by atoms with van der Waals surface area (Å²) in [7, 11) is -1.10. The highest BCUT2D eigenvalue weighted by molar-refractivity contribution is 7.75. The van der Waals surface area contributed by atoms with E-state index in [4.69, 9.17) is 0 Å². The van der Waals surface area contributed by atoms with Gasteiger partial charge in [-0.1, -0.05) is 189 Å². The molecule has 0 atom stereocenters. The Hall–Kier alpha value is 0.0800. The minimum absolute atomic E-state index is 0.254. The topological polar surface area (TPSA) is 0 Å². The molecule has 1 aromatic rings. The van der Waals surface area contributed by atoms with Crippen molar-refractivity contribution in [1.29, 1.82) is 0 Å². The van der Waals surface area contributed by atoms with E-state index in [0.717, 1.165) is 0 Å². The Kier molecular flexibility index (Phi) is 40.7. The fourth-order valence-electron chi connectivity index (χ4n) is 6.94. The molecule has 0 fully saturated rings. The van der Waals surface area contributed by atoms with Crippen LogP contribution in [0.15, 0.2) is 24.3 Å². The summed E-state index contributed by atoms with van der Waals surface area (Å²) < 4.78 is 0. The van der Waals surface area contributed by atoms with Crippen LogP contribution in [0.25, 0.3) is 0 Å². The Morgan fingerprint density at radius 1 is 0.383 bits per heavy atom. The Balaban J connectivity index is 0. The average molecular weight is 695 g/mol. The maximum absolute atomic E-state index is 2.55. The normalized spacial score (nSPS) is 11.3. The van der Waals surface area contributed by atoms with Crippen LogP contribution in [0.4, 0.5) is 0 Å². The van der Waals surface area contributed by atoms with Gasteiger partial charge in [0.15, 0.2) is 0 Å². The maximum atomic E-state index is 2.55. The summed E-state index contributed by atoms with van der Waals surface area (Å²) >= 11 is 0. The van der Waals surface area contributed by atoms with Gasteiger partial charge in [0, 0.05) is 15.2 Å². The second-order valence-electron chi connectivity index (χ2n) is 14.6. The number of benzene rings is 1. The van der Waals surface area contributed by atoms with Gasteiger partial charge in [0.25, 0.3) is 0 Å². The van der Waals surface area contributed by atoms with E-state index in [0.29, 0.717) is 0 Å². The molecule has 0 saturated heterocycles. The van der Waals surface area contributed by atoms with E-state index >= 15 is 0 Å². The van der Waals surface area contributed by atoms with Gasteiger partial charge in [-0.05, 0) is 56.1 Å². The minimum Gasteiger partial charge on any atom is -0.0683 e. The minimum atomic E-state index is -0.841. The van der Waals surface area contributed by atoms with Crippen molar-refractivity contribution in [2.75, 3.05) is 30.8 Å². The standard InChI is InChI=1S/C35H67P2.C8H18.C2H6/c1-6-11-15-17-19-21-27-36(28-22-20-18-16-12-7-2)32-34-23-25-35(26-24-34)33-37(29-10-5,30-13-8-3)31-14-9-4;1-3-5-7-8-6-4-2;1-2/h23-26H,6-22,27-33H2,1-5H3;3-8H2,1-2H3;1-2H3/q+1;;/p+1. The van der Waals surface area contributed by atoms with Crippen LogP contribution < -0.4 is 0 Å². The lowest BCUT2D eigenvalue weighted by Gasteiger charge is -2.28. The van der Waals surface area contributed by atoms with E-state index in [-0.39, 0.29) is 7.92 Å². The predicted molar refractivity (Wildman–Crippen MR) is 231 cm³/mol. The summed E-state index contributed by atoms with van der Waals surface area (Å²) in [5, 5.41) is 0. The second-order valence-corrected chi connectivity index (χ2v) is 21.8. The molecule has 0 bridgehead atoms. The number of hydrogen-bond acceptors (Lipinski definition) is 0. The zero-order chi connectivity index (χ0) is 35.3. The van der Waals surface area contributed by atoms with E-state index in [1.165, 1.54) is 178 Å². The first-order valence-electron chi connectivity index (χ1n) is 21.8. The van der Waals surface area contributed by atoms with Crippen molar-refractivity contribution >= 4 is 15.2 Å². The lowest BCUT2D eigenvalue weighted by atomic mass is 10.1. The van der Waals surface area contributed by atoms with Crippen LogP contribution in [0.1, 0.15) is 221 Å². The van der Waals surface area contributed by atoms with E-state index < -0.39 is 7.26 Å². The highest BCUT2D eigenvalue weighted by atomic mass is 31.2. The number of rotatable bonds is 31. The van der Waals surface area contributed by atoms with Gasteiger partial charge in [-0.25, -0.2) is 0 Å². The molecule has 1 aromatic carbocycles. The zero-order valence-electron chi connectivity index (χ0n) is 34.5. The smallest absolute Gasteiger partial charge is 0.0683 e. The summed E-state index contributed by atoms with van der Waals surface area (Å²) in [5.74, 6) is 0. The molecule has 0 N–H and O–H groups in total. The van der Waals surface area contributed by atoms with Gasteiger partial charge in [-0.15, -0.1) is 0 Å². The first-order chi connectivity index (χ1) is 23.0. The molecule has 0 amide bonds. The van der Waals surface area contributed by atoms with Gasteiger partial charge in [0.05, 0.1) is 43.1 Å². The molecule has 0 aliphatic carbocycles. The second kappa shape index (κ2) is 38.9. The van der Waals surface area contributed by atoms with Crippen LogP contribution in [-0.2, 0) is 12.3 Å². The van der Waals surface area contributed by atoms with Crippen molar-refractivity contribution in [3.63, 3.8) is 0 Å². The molecule has 0 radical (unpaired) electrons. The third-order valence-corrected chi connectivity index (χ3v) is 17.9. The molecule has 0 heterocycles. The molecule has 0 saturated carbocycles. The Bertz CT molecular complexity index is 666. The molecule has 47 heavy (non-hydrogen) atoms. The van der Waals surface area contributed by atoms with Crippen molar-refractivity contribution in [1.82, 2.24) is 0 Å². The average Bonchev–Trinajstić information content (AvgIpc) is 3.10. The quantitative estimate of drug-likeness (QED) is 0.0536. The van der Waals surface area contributed by atoms with Crippen LogP contribution in [-0.4, -0.2) is 30.8 Å². The summed E-state index contributed by atoms with van der Waals surface area (Å²) in [6.45, 7) is 20.4. The molecular weight excluding hydrogens is 602 g/mol. The lowest BCUT2D eigenvalue weighted by molar-refractivity contribution is 0.621. The molecular formula is C45H92P2+2. The van der Waals surface area contributed by atoms with Gasteiger partial charge < -0.3 is 0 Å². The third-order valence-electron chi connectivity index (χ3n) is 9.89. The monoisotopic (exact) mass is 695 g/mol. The predicted octanol–water partition coefficient (Wildman–Crippen LogP) is 17.0. The van der Waals surface area contributed by atoms with Crippen molar-refractivity contribution in [2.45, 2.75) is 222 Å². The molecule has 0 nitrogen and oxygen atoms in total. The molecule has 2 heteroatoms. The van der Waals surface area contributed by atoms with Crippen LogP contribution >= 0.6 is 15.2 Å². The molecule has 0 aromatic heterocycles. The first-order valence-corrected chi connectivity index (χ1v) is 26.5. The third kappa shape index (κ3) is 30.6. The molecule has 0 aliphatic rings. The summed E-state index contributed by atoms with van der Waals surface area (Å²) in [5.41, 5.74) is 3.30. The number of unbranched alkanes of at least 4 members (excludes halogenated alkanes) is 17. The van der Waals surface area contributed by atoms with Gasteiger partial charge in [-0.2, -0.15) is 0 Å². The summed E-state index contributed by atoms with van der Waals surface area (Å²) in [6.07, 6.45) is 43.3. The van der Waals surface area contributed by atoms with Gasteiger partial charge in [0.1, 0.15) is 0 Å². The van der Waals surface area contributed by atoms with Gasteiger partial charge in [0.2, 0.25) is 0 Å². The van der Waals surface area contributed by atoms with Gasteiger partial charge >= 0.3 is 0 Å². The van der Waals surface area contributed by atoms with Crippen molar-refractivity contribution in [3.05, 3.63) is 35.4 Å². The van der Waals surface area contributed by atoms with Crippen LogP contribution in [0.5, 0.6) is 0 Å². The highest BCUT2D eigenvalue weighted by Crippen LogP contribution is 2.63. The largest absolute Gasteiger partial charge is 0.0842 e. The fourth-order valence-corrected chi connectivity index (χ4v) is 14.9. The number of hydrogen-bond donors (Lipinski definition) is 0. The van der Waals surface area contributed by atoms with E-state index in [9.17, 15) is 0 Å². The molecule has 0 unspecified atom stereocenters. The molecule has 280 valence electrons.